The molecule has 1 N–H and O–H groups in total. The maximum absolute atomic E-state index is 13.0. The van der Waals surface area contributed by atoms with Crippen molar-refractivity contribution >= 4 is 23.5 Å². The zero-order valence-corrected chi connectivity index (χ0v) is 16.6. The summed E-state index contributed by atoms with van der Waals surface area (Å²) in [6.07, 6.45) is 1.52. The van der Waals surface area contributed by atoms with Crippen LogP contribution in [0.3, 0.4) is 0 Å². The average Bonchev–Trinajstić information content (AvgIpc) is 3.34. The van der Waals surface area contributed by atoms with Crippen molar-refractivity contribution in [2.45, 2.75) is 25.4 Å². The number of nitrogens with one attached hydrogen (secondary N) is 1. The molecule has 1 saturated heterocycles. The van der Waals surface area contributed by atoms with Crippen LogP contribution in [0.15, 0.2) is 47.1 Å². The molecular weight excluding hydrogens is 406 g/mol. The lowest BCUT2D eigenvalue weighted by Gasteiger charge is -2.24. The van der Waals surface area contributed by atoms with E-state index < -0.39 is 34.9 Å². The molecule has 2 aromatic rings. The van der Waals surface area contributed by atoms with Gasteiger partial charge in [0.05, 0.1) is 30.2 Å². The number of benzene rings is 1. The summed E-state index contributed by atoms with van der Waals surface area (Å²) in [6.45, 7) is 1.07. The summed E-state index contributed by atoms with van der Waals surface area (Å²) in [6, 6.07) is 9.88. The molecule has 1 fully saturated rings. The SMILES string of the molecule is CC1(c2cccc([N+](=O)[O-])c2)NC(=O)N(CC(=O)N(CCC#N)Cc2ccco2)C1=O. The highest BCUT2D eigenvalue weighted by molar-refractivity contribution is 6.09. The molecule has 0 saturated carbocycles. The Morgan fingerprint density at radius 1 is 1.35 bits per heavy atom. The number of amides is 4. The molecule has 0 spiro atoms. The molecule has 160 valence electrons. The highest BCUT2D eigenvalue weighted by Crippen LogP contribution is 2.30. The van der Waals surface area contributed by atoms with E-state index in [1.165, 1.54) is 42.4 Å². The van der Waals surface area contributed by atoms with Crippen molar-refractivity contribution < 1.29 is 23.7 Å². The molecule has 0 bridgehead atoms. The Morgan fingerprint density at radius 3 is 2.77 bits per heavy atom. The Morgan fingerprint density at radius 2 is 2.13 bits per heavy atom. The molecule has 1 atom stereocenters. The lowest BCUT2D eigenvalue weighted by atomic mass is 9.91. The van der Waals surface area contributed by atoms with Crippen molar-refractivity contribution in [3.8, 4) is 6.07 Å². The van der Waals surface area contributed by atoms with E-state index in [1.54, 1.807) is 12.1 Å². The Kier molecular flexibility index (Phi) is 6.01. The van der Waals surface area contributed by atoms with E-state index in [4.69, 9.17) is 9.68 Å². The molecule has 0 aliphatic carbocycles. The topological polar surface area (TPSA) is 150 Å². The fraction of sp³-hybridized carbons (Fsp3) is 0.300. The molecule has 3 rings (SSSR count). The summed E-state index contributed by atoms with van der Waals surface area (Å²) < 4.78 is 5.24. The van der Waals surface area contributed by atoms with Gasteiger partial charge in [0, 0.05) is 18.7 Å². The van der Waals surface area contributed by atoms with Crippen LogP contribution in [0, 0.1) is 21.4 Å². The van der Waals surface area contributed by atoms with Gasteiger partial charge in [0.1, 0.15) is 17.8 Å². The minimum absolute atomic E-state index is 0.0674. The van der Waals surface area contributed by atoms with Crippen LogP contribution in [0.1, 0.15) is 24.7 Å². The molecule has 1 aliphatic heterocycles. The second-order valence-corrected chi connectivity index (χ2v) is 7.06. The third-order valence-corrected chi connectivity index (χ3v) is 4.98. The molecule has 1 aliphatic rings. The number of non-ortho nitro benzene ring substituents is 1. The van der Waals surface area contributed by atoms with E-state index in [9.17, 15) is 24.5 Å². The van der Waals surface area contributed by atoms with Crippen molar-refractivity contribution in [2.75, 3.05) is 13.1 Å². The van der Waals surface area contributed by atoms with E-state index in [0.29, 0.717) is 5.76 Å². The first kappa shape index (κ1) is 21.5. The normalized spacial score (nSPS) is 17.9. The van der Waals surface area contributed by atoms with Crippen LogP contribution in [0.2, 0.25) is 0 Å². The van der Waals surface area contributed by atoms with E-state index in [-0.39, 0.29) is 30.8 Å². The standard InChI is InChI=1S/C20H19N5O6/c1-20(14-5-2-6-15(11-14)25(29)30)18(27)24(19(28)22-20)13-17(26)23(9-4-8-21)12-16-7-3-10-31-16/h2-3,5-7,10-11H,4,9,12-13H2,1H3,(H,22,28). The molecule has 0 radical (unpaired) electrons. The summed E-state index contributed by atoms with van der Waals surface area (Å²) in [4.78, 5) is 50.9. The van der Waals surface area contributed by atoms with Crippen LogP contribution >= 0.6 is 0 Å². The number of nitro benzene ring substituents is 1. The molecule has 2 heterocycles. The van der Waals surface area contributed by atoms with Crippen LogP contribution in [0.4, 0.5) is 10.5 Å². The van der Waals surface area contributed by atoms with E-state index in [2.05, 4.69) is 5.32 Å². The first-order valence-corrected chi connectivity index (χ1v) is 9.32. The predicted molar refractivity (Wildman–Crippen MR) is 105 cm³/mol. The van der Waals surface area contributed by atoms with Crippen LogP contribution in [-0.2, 0) is 21.7 Å². The molecule has 11 nitrogen and oxygen atoms in total. The van der Waals surface area contributed by atoms with Crippen LogP contribution in [0.5, 0.6) is 0 Å². The number of furan rings is 1. The van der Waals surface area contributed by atoms with Gasteiger partial charge in [0.25, 0.3) is 11.6 Å². The van der Waals surface area contributed by atoms with Crippen molar-refractivity contribution in [2.24, 2.45) is 0 Å². The third-order valence-electron chi connectivity index (χ3n) is 4.98. The van der Waals surface area contributed by atoms with Gasteiger partial charge in [-0.3, -0.25) is 24.6 Å². The summed E-state index contributed by atoms with van der Waals surface area (Å²) in [5.74, 6) is -0.757. The fourth-order valence-corrected chi connectivity index (χ4v) is 3.27. The van der Waals surface area contributed by atoms with Gasteiger partial charge in [-0.05, 0) is 24.6 Å². The van der Waals surface area contributed by atoms with Gasteiger partial charge in [-0.25, -0.2) is 4.79 Å². The van der Waals surface area contributed by atoms with Crippen LogP contribution in [0.25, 0.3) is 0 Å². The first-order chi connectivity index (χ1) is 14.8. The zero-order valence-electron chi connectivity index (χ0n) is 16.6. The Balaban J connectivity index is 1.79. The molecule has 1 aromatic heterocycles. The van der Waals surface area contributed by atoms with Crippen molar-refractivity contribution in [1.82, 2.24) is 15.1 Å². The Labute approximate surface area is 177 Å². The number of imide groups is 1. The number of rotatable bonds is 8. The highest BCUT2D eigenvalue weighted by atomic mass is 16.6. The molecule has 31 heavy (non-hydrogen) atoms. The number of nitrogens with zero attached hydrogens (tertiary/aromatic N) is 4. The maximum Gasteiger partial charge on any atom is 0.325 e. The molecule has 11 heteroatoms. The molecule has 1 aromatic carbocycles. The second-order valence-electron chi connectivity index (χ2n) is 7.06. The number of hydrogen-bond acceptors (Lipinski definition) is 7. The van der Waals surface area contributed by atoms with Gasteiger partial charge in [-0.1, -0.05) is 12.1 Å². The quantitative estimate of drug-likeness (QED) is 0.385. The van der Waals surface area contributed by atoms with E-state index in [1.807, 2.05) is 6.07 Å². The average molecular weight is 425 g/mol. The van der Waals surface area contributed by atoms with Crippen molar-refractivity contribution in [3.63, 3.8) is 0 Å². The Hall–Kier alpha value is -4.20. The van der Waals surface area contributed by atoms with Gasteiger partial charge < -0.3 is 14.6 Å². The largest absolute Gasteiger partial charge is 0.467 e. The van der Waals surface area contributed by atoms with Gasteiger partial charge in [0.15, 0.2) is 0 Å². The summed E-state index contributed by atoms with van der Waals surface area (Å²) >= 11 is 0. The minimum atomic E-state index is -1.55. The van der Waals surface area contributed by atoms with Gasteiger partial charge in [0.2, 0.25) is 5.91 Å². The maximum atomic E-state index is 13.0. The predicted octanol–water partition coefficient (Wildman–Crippen LogP) is 1.90. The number of carbonyl (C=O) groups excluding carboxylic acids is 3. The first-order valence-electron chi connectivity index (χ1n) is 9.32. The number of nitro groups is 1. The van der Waals surface area contributed by atoms with Crippen molar-refractivity contribution in [1.29, 1.82) is 5.26 Å². The van der Waals surface area contributed by atoms with Gasteiger partial charge >= 0.3 is 6.03 Å². The number of nitriles is 1. The fourth-order valence-electron chi connectivity index (χ4n) is 3.27. The minimum Gasteiger partial charge on any atom is -0.467 e. The highest BCUT2D eigenvalue weighted by Gasteiger charge is 2.50. The number of carbonyl (C=O) groups is 3. The summed E-state index contributed by atoms with van der Waals surface area (Å²) in [5, 5.41) is 22.4. The molecular formula is C20H19N5O6. The van der Waals surface area contributed by atoms with E-state index >= 15 is 0 Å². The van der Waals surface area contributed by atoms with Crippen LogP contribution < -0.4 is 5.32 Å². The Bertz CT molecular complexity index is 1060. The van der Waals surface area contributed by atoms with Crippen molar-refractivity contribution in [3.05, 3.63) is 64.1 Å². The monoisotopic (exact) mass is 425 g/mol. The van der Waals surface area contributed by atoms with Gasteiger partial charge in [-0.2, -0.15) is 5.26 Å². The van der Waals surface area contributed by atoms with Gasteiger partial charge in [-0.15, -0.1) is 0 Å². The lowest BCUT2D eigenvalue weighted by Crippen LogP contribution is -2.44. The van der Waals surface area contributed by atoms with Crippen LogP contribution in [-0.4, -0.2) is 45.7 Å². The summed E-state index contributed by atoms with van der Waals surface area (Å²) in [5.41, 5.74) is -1.55. The lowest BCUT2D eigenvalue weighted by molar-refractivity contribution is -0.385. The smallest absolute Gasteiger partial charge is 0.325 e. The number of urea groups is 1. The second kappa shape index (κ2) is 8.66. The third kappa shape index (κ3) is 4.37. The van der Waals surface area contributed by atoms with E-state index in [0.717, 1.165) is 4.90 Å². The zero-order chi connectivity index (χ0) is 22.6. The molecule has 4 amide bonds. The molecule has 1 unspecified atom stereocenters. The summed E-state index contributed by atoms with van der Waals surface area (Å²) in [7, 11) is 0. The number of hydrogen-bond donors (Lipinski definition) is 1.